The van der Waals surface area contributed by atoms with Gasteiger partial charge in [0.1, 0.15) is 14.1 Å². The largest absolute Gasteiger partial charge is 0.378 e. The minimum atomic E-state index is -4.94. The molecule has 0 radical (unpaired) electrons. The first-order valence-corrected chi connectivity index (χ1v) is 13.8. The number of benzene rings is 3. The van der Waals surface area contributed by atoms with Gasteiger partial charge in [-0.25, -0.2) is 23.2 Å². The number of hydrogen-bond donors (Lipinski definition) is 0. The summed E-state index contributed by atoms with van der Waals surface area (Å²) in [4.78, 5) is 2.12. The van der Waals surface area contributed by atoms with Crippen LogP contribution in [0.4, 0.5) is 5.69 Å². The Labute approximate surface area is 238 Å². The predicted octanol–water partition coefficient (Wildman–Crippen LogP) is 2.28. The van der Waals surface area contributed by atoms with Gasteiger partial charge in [0.25, 0.3) is 0 Å². The summed E-state index contributed by atoms with van der Waals surface area (Å²) in [5.74, 6) is 0. The molecule has 1 aliphatic carbocycles. The van der Waals surface area contributed by atoms with Crippen molar-refractivity contribution in [1.29, 1.82) is 0 Å². The minimum absolute atomic E-state index is 1.19. The Kier molecular flexibility index (Phi) is 11.0. The van der Waals surface area contributed by atoms with Crippen LogP contribution >= 0.6 is 0 Å². The van der Waals surface area contributed by atoms with Gasteiger partial charge in [0.15, 0.2) is 5.71 Å². The molecule has 1 aliphatic rings. The first kappa shape index (κ1) is 30.5. The second-order valence-corrected chi connectivity index (χ2v) is 10.1. The average molecular weight is 557 g/mol. The smallest absolute Gasteiger partial charge is 0.199 e. The van der Waals surface area contributed by atoms with Crippen LogP contribution in [0.5, 0.6) is 0 Å². The second-order valence-electron chi connectivity index (χ2n) is 9.35. The fourth-order valence-electron chi connectivity index (χ4n) is 4.07. The number of halogens is 1. The lowest BCUT2D eigenvalue weighted by atomic mass is 9.94. The highest BCUT2D eigenvalue weighted by atomic mass is 35.7. The molecule has 0 bridgehead atoms. The van der Waals surface area contributed by atoms with Gasteiger partial charge in [-0.1, -0.05) is 91.0 Å². The molecule has 0 spiro atoms. The molecule has 4 rings (SSSR count). The van der Waals surface area contributed by atoms with E-state index < -0.39 is 10.2 Å². The van der Waals surface area contributed by atoms with Gasteiger partial charge in [-0.15, -0.1) is 10.2 Å². The van der Waals surface area contributed by atoms with Gasteiger partial charge >= 0.3 is 0 Å². The van der Waals surface area contributed by atoms with E-state index >= 15 is 0 Å². The molecule has 0 N–H and O–H groups in total. The standard InChI is InChI=1S/C33H33N2.ClHO4/c1-34(2)30-22-18-28(19-23-30)32(26-12-7-5-8-13-26)16-11-17-33(27-14-9-6-10-15-27)29-20-24-31(25-21-29)35(3)4;2-1(3,4)5/h5-25H,1-4H3;(H,2,3,4,5)/q+1;/p-1. The quantitative estimate of drug-likeness (QED) is 0.343. The molecule has 6 nitrogen and oxygen atoms in total. The van der Waals surface area contributed by atoms with E-state index in [0.29, 0.717) is 0 Å². The van der Waals surface area contributed by atoms with E-state index in [0.717, 1.165) is 0 Å². The van der Waals surface area contributed by atoms with Crippen LogP contribution in [-0.2, 0) is 0 Å². The summed E-state index contributed by atoms with van der Waals surface area (Å²) in [5.41, 5.74) is 9.57. The monoisotopic (exact) mass is 556 g/mol. The molecule has 0 saturated heterocycles. The van der Waals surface area contributed by atoms with Crippen LogP contribution in [0.2, 0.25) is 0 Å². The lowest BCUT2D eigenvalue weighted by molar-refractivity contribution is -2.00. The summed E-state index contributed by atoms with van der Waals surface area (Å²) in [6.45, 7) is 0. The highest BCUT2D eigenvalue weighted by Crippen LogP contribution is 2.27. The lowest BCUT2D eigenvalue weighted by Crippen LogP contribution is -2.68. The Morgan fingerprint density at radius 2 is 1.15 bits per heavy atom. The summed E-state index contributed by atoms with van der Waals surface area (Å²) in [6, 6.07) is 29.9. The van der Waals surface area contributed by atoms with Crippen molar-refractivity contribution < 1.29 is 33.5 Å². The van der Waals surface area contributed by atoms with E-state index in [1.54, 1.807) is 0 Å². The van der Waals surface area contributed by atoms with Gasteiger partial charge in [0, 0.05) is 31.9 Å². The predicted molar refractivity (Wildman–Crippen MR) is 152 cm³/mol. The molecule has 0 fully saturated rings. The molecule has 0 heterocycles. The van der Waals surface area contributed by atoms with Crippen molar-refractivity contribution in [1.82, 2.24) is 0 Å². The Morgan fingerprint density at radius 3 is 1.62 bits per heavy atom. The van der Waals surface area contributed by atoms with Crippen molar-refractivity contribution in [3.8, 4) is 0 Å². The third-order valence-corrected chi connectivity index (χ3v) is 6.08. The average Bonchev–Trinajstić information content (AvgIpc) is 2.93. The molecule has 3 aromatic rings. The van der Waals surface area contributed by atoms with Crippen molar-refractivity contribution in [2.45, 2.75) is 0 Å². The molecular weight excluding hydrogens is 524 g/mol. The van der Waals surface area contributed by atoms with Gasteiger partial charge in [-0.2, -0.15) is 0 Å². The van der Waals surface area contributed by atoms with Crippen LogP contribution in [0, 0.1) is 10.2 Å². The summed E-state index contributed by atoms with van der Waals surface area (Å²) in [6.07, 6.45) is 15.3. The number of anilines is 1. The van der Waals surface area contributed by atoms with Crippen LogP contribution in [0.3, 0.4) is 0 Å². The Hall–Kier alpha value is -4.04. The van der Waals surface area contributed by atoms with Crippen LogP contribution in [-0.4, -0.2) is 38.5 Å². The van der Waals surface area contributed by atoms with E-state index in [4.69, 9.17) is 18.6 Å². The maximum Gasteiger partial charge on any atom is 0.199 e. The van der Waals surface area contributed by atoms with Gasteiger partial charge < -0.3 is 4.90 Å². The van der Waals surface area contributed by atoms with Crippen molar-refractivity contribution in [2.24, 2.45) is 0 Å². The zero-order valence-corrected chi connectivity index (χ0v) is 23.8. The molecule has 0 amide bonds. The van der Waals surface area contributed by atoms with Crippen LogP contribution in [0.15, 0.2) is 133 Å². The summed E-state index contributed by atoms with van der Waals surface area (Å²) < 4.78 is 36.1. The lowest BCUT2D eigenvalue weighted by Gasteiger charge is -2.17. The first-order chi connectivity index (χ1) is 19.0. The summed E-state index contributed by atoms with van der Waals surface area (Å²) in [7, 11) is 3.32. The third kappa shape index (κ3) is 9.61. The SMILES string of the molecule is CN(C)c1ccc(C(=CC=CC(=C2C=CC(=[N+](C)C)C=C2)c2ccccc2)c2ccccc2)cc1.[O-][Cl+3]([O-])([O-])[O-]. The topological polar surface area (TPSA) is 98.5 Å². The second kappa shape index (κ2) is 14.4. The zero-order chi connectivity index (χ0) is 29.1. The van der Waals surface area contributed by atoms with E-state index in [-0.39, 0.29) is 0 Å². The molecule has 0 aromatic heterocycles. The van der Waals surface area contributed by atoms with Gasteiger partial charge in [-0.05, 0) is 57.7 Å². The van der Waals surface area contributed by atoms with Crippen LogP contribution in [0.25, 0.3) is 11.1 Å². The Morgan fingerprint density at radius 1 is 0.675 bits per heavy atom. The van der Waals surface area contributed by atoms with Crippen LogP contribution in [0.1, 0.15) is 16.7 Å². The maximum absolute atomic E-state index is 8.49. The van der Waals surface area contributed by atoms with E-state index in [9.17, 15) is 0 Å². The highest BCUT2D eigenvalue weighted by Gasteiger charge is 2.09. The van der Waals surface area contributed by atoms with Gasteiger partial charge in [0.05, 0.1) is 0 Å². The Balaban J connectivity index is 0.000000810. The molecule has 0 saturated carbocycles. The fraction of sp³-hybridized carbons (Fsp3) is 0.121. The molecule has 0 unspecified atom stereocenters. The number of nitrogens with zero attached hydrogens (tertiary/aromatic N) is 2. The van der Waals surface area contributed by atoms with Gasteiger partial charge in [-0.3, -0.25) is 0 Å². The molecule has 40 heavy (non-hydrogen) atoms. The molecule has 0 atom stereocenters. The zero-order valence-electron chi connectivity index (χ0n) is 23.0. The highest BCUT2D eigenvalue weighted by molar-refractivity contribution is 6.03. The number of allylic oxidation sites excluding steroid dienone is 9. The summed E-state index contributed by atoms with van der Waals surface area (Å²) >= 11 is 0. The van der Waals surface area contributed by atoms with E-state index in [1.165, 1.54) is 44.8 Å². The maximum atomic E-state index is 8.49. The molecular formula is C33H33ClN2O4. The Bertz CT molecular complexity index is 1420. The number of hydrogen-bond acceptors (Lipinski definition) is 5. The molecule has 7 heteroatoms. The normalized spacial score (nSPS) is 13.2. The van der Waals surface area contributed by atoms with E-state index in [1.807, 2.05) is 0 Å². The van der Waals surface area contributed by atoms with Gasteiger partial charge in [0.2, 0.25) is 0 Å². The van der Waals surface area contributed by atoms with Crippen molar-refractivity contribution in [3.05, 3.63) is 150 Å². The number of rotatable bonds is 6. The minimum Gasteiger partial charge on any atom is -0.378 e. The third-order valence-electron chi connectivity index (χ3n) is 6.08. The summed E-state index contributed by atoms with van der Waals surface area (Å²) in [5, 5.41) is 0. The first-order valence-electron chi connectivity index (χ1n) is 12.6. The molecule has 3 aromatic carbocycles. The molecule has 0 aliphatic heterocycles. The van der Waals surface area contributed by atoms with Crippen molar-refractivity contribution in [2.75, 3.05) is 33.1 Å². The van der Waals surface area contributed by atoms with E-state index in [2.05, 4.69) is 165 Å². The molecule has 206 valence electrons. The van der Waals surface area contributed by atoms with Crippen LogP contribution < -0.4 is 23.5 Å². The fourth-order valence-corrected chi connectivity index (χ4v) is 4.07. The van der Waals surface area contributed by atoms with Crippen molar-refractivity contribution >= 4 is 22.5 Å². The van der Waals surface area contributed by atoms with Crippen molar-refractivity contribution in [3.63, 3.8) is 0 Å².